The average molecular weight is 402 g/mol. The summed E-state index contributed by atoms with van der Waals surface area (Å²) in [5.74, 6) is 0.637. The second kappa shape index (κ2) is 8.84. The Morgan fingerprint density at radius 3 is 2.69 bits per heavy atom. The summed E-state index contributed by atoms with van der Waals surface area (Å²) in [4.78, 5) is 41.1. The maximum absolute atomic E-state index is 13.2. The summed E-state index contributed by atoms with van der Waals surface area (Å²) in [5.41, 5.74) is 1.06. The van der Waals surface area contributed by atoms with E-state index in [0.29, 0.717) is 31.7 Å². The first-order chi connectivity index (χ1) is 13.7. The first-order valence-corrected chi connectivity index (χ1v) is 10.3. The van der Waals surface area contributed by atoms with E-state index in [0.717, 1.165) is 5.56 Å². The maximum atomic E-state index is 13.2. The van der Waals surface area contributed by atoms with Gasteiger partial charge in [0, 0.05) is 26.1 Å². The quantitative estimate of drug-likeness (QED) is 0.788. The number of hydrogen-bond acceptors (Lipinski definition) is 4. The van der Waals surface area contributed by atoms with Crippen LogP contribution in [-0.2, 0) is 14.4 Å². The molecule has 0 bridgehead atoms. The van der Waals surface area contributed by atoms with Gasteiger partial charge in [-0.1, -0.05) is 26.0 Å². The van der Waals surface area contributed by atoms with E-state index >= 15 is 0 Å². The van der Waals surface area contributed by atoms with Crippen LogP contribution in [0.5, 0.6) is 5.75 Å². The molecule has 1 aromatic rings. The van der Waals surface area contributed by atoms with Crippen LogP contribution in [0.3, 0.4) is 0 Å². The van der Waals surface area contributed by atoms with Crippen LogP contribution in [0.1, 0.15) is 39.2 Å². The van der Waals surface area contributed by atoms with Crippen LogP contribution in [0.25, 0.3) is 0 Å². The minimum atomic E-state index is -0.476. The van der Waals surface area contributed by atoms with Crippen LogP contribution in [0, 0.1) is 12.8 Å². The molecule has 3 rings (SSSR count). The van der Waals surface area contributed by atoms with Crippen LogP contribution in [0.4, 0.5) is 0 Å². The summed E-state index contributed by atoms with van der Waals surface area (Å²) in [6.07, 6.45) is 1.28. The Hall–Kier alpha value is -2.57. The van der Waals surface area contributed by atoms with Crippen molar-refractivity contribution >= 4 is 17.7 Å². The molecular weight excluding hydrogens is 370 g/mol. The highest BCUT2D eigenvalue weighted by Gasteiger charge is 2.47. The average Bonchev–Trinajstić information content (AvgIpc) is 3.03. The highest BCUT2D eigenvalue weighted by atomic mass is 16.5. The molecule has 2 saturated heterocycles. The number of ether oxygens (including phenoxy) is 1. The first kappa shape index (κ1) is 21.1. The zero-order chi connectivity index (χ0) is 21.1. The van der Waals surface area contributed by atoms with Gasteiger partial charge in [-0.2, -0.15) is 0 Å². The molecule has 0 spiro atoms. The highest BCUT2D eigenvalue weighted by molar-refractivity contribution is 5.90. The van der Waals surface area contributed by atoms with Gasteiger partial charge in [-0.15, -0.1) is 0 Å². The Labute approximate surface area is 172 Å². The van der Waals surface area contributed by atoms with E-state index in [4.69, 9.17) is 4.74 Å². The number of hydrogen-bond donors (Lipinski definition) is 1. The van der Waals surface area contributed by atoms with E-state index in [1.807, 2.05) is 36.1 Å². The summed E-state index contributed by atoms with van der Waals surface area (Å²) >= 11 is 0. The Bertz CT molecular complexity index is 779. The molecule has 0 aromatic heterocycles. The standard InChI is InChI=1S/C22H31N3O4/c1-14(2)8-20-22(28)24-11-17(23-16(4)26)10-18(24)12-25(20)21(27)13-29-19-7-5-6-15(3)9-19/h5-7,9,14,17-18,20H,8,10-13H2,1-4H3,(H,23,26). The summed E-state index contributed by atoms with van der Waals surface area (Å²) < 4.78 is 5.70. The molecule has 1 aromatic carbocycles. The van der Waals surface area contributed by atoms with Crippen molar-refractivity contribution < 1.29 is 19.1 Å². The molecule has 29 heavy (non-hydrogen) atoms. The van der Waals surface area contributed by atoms with E-state index < -0.39 is 6.04 Å². The predicted octanol–water partition coefficient (Wildman–Crippen LogP) is 1.74. The van der Waals surface area contributed by atoms with Crippen LogP contribution < -0.4 is 10.1 Å². The Morgan fingerprint density at radius 1 is 1.28 bits per heavy atom. The molecule has 158 valence electrons. The van der Waals surface area contributed by atoms with Crippen molar-refractivity contribution in [2.45, 2.75) is 58.7 Å². The molecular formula is C22H31N3O4. The summed E-state index contributed by atoms with van der Waals surface area (Å²) in [5, 5.41) is 2.91. The monoisotopic (exact) mass is 401 g/mol. The van der Waals surface area contributed by atoms with Crippen molar-refractivity contribution in [2.24, 2.45) is 5.92 Å². The second-order valence-corrected chi connectivity index (χ2v) is 8.57. The maximum Gasteiger partial charge on any atom is 0.261 e. The third-order valence-corrected chi connectivity index (χ3v) is 5.54. The molecule has 2 aliphatic rings. The molecule has 1 N–H and O–H groups in total. The van der Waals surface area contributed by atoms with Gasteiger partial charge in [-0.05, 0) is 43.4 Å². The molecule has 3 amide bonds. The van der Waals surface area contributed by atoms with Crippen molar-refractivity contribution in [1.29, 1.82) is 0 Å². The smallest absolute Gasteiger partial charge is 0.261 e. The molecule has 0 saturated carbocycles. The fraction of sp³-hybridized carbons (Fsp3) is 0.591. The molecule has 3 unspecified atom stereocenters. The Balaban J connectivity index is 1.71. The number of carbonyl (C=O) groups excluding carboxylic acids is 3. The number of rotatable bonds is 6. The van der Waals surface area contributed by atoms with Gasteiger partial charge >= 0.3 is 0 Å². The lowest BCUT2D eigenvalue weighted by atomic mass is 9.97. The number of fused-ring (bicyclic) bond motifs is 1. The highest BCUT2D eigenvalue weighted by Crippen LogP contribution is 2.29. The number of nitrogens with zero attached hydrogens (tertiary/aromatic N) is 2. The number of aryl methyl sites for hydroxylation is 1. The van der Waals surface area contributed by atoms with Crippen LogP contribution in [0.15, 0.2) is 24.3 Å². The van der Waals surface area contributed by atoms with Gasteiger partial charge in [0.15, 0.2) is 6.61 Å². The molecule has 3 atom stereocenters. The summed E-state index contributed by atoms with van der Waals surface area (Å²) in [7, 11) is 0. The van der Waals surface area contributed by atoms with Gasteiger partial charge in [0.25, 0.3) is 5.91 Å². The van der Waals surface area contributed by atoms with Crippen molar-refractivity contribution in [3.8, 4) is 5.75 Å². The number of carbonyl (C=O) groups is 3. The van der Waals surface area contributed by atoms with Crippen molar-refractivity contribution in [1.82, 2.24) is 15.1 Å². The largest absolute Gasteiger partial charge is 0.484 e. The third kappa shape index (κ3) is 5.08. The molecule has 0 aliphatic carbocycles. The summed E-state index contributed by atoms with van der Waals surface area (Å²) in [6, 6.07) is 6.97. The zero-order valence-electron chi connectivity index (χ0n) is 17.7. The van der Waals surface area contributed by atoms with Crippen molar-refractivity contribution in [2.75, 3.05) is 19.7 Å². The Kier molecular flexibility index (Phi) is 6.45. The number of piperazine rings is 1. The van der Waals surface area contributed by atoms with E-state index in [1.54, 1.807) is 4.90 Å². The minimum absolute atomic E-state index is 0.0216. The molecule has 7 heteroatoms. The van der Waals surface area contributed by atoms with E-state index in [2.05, 4.69) is 19.2 Å². The number of amides is 3. The summed E-state index contributed by atoms with van der Waals surface area (Å²) in [6.45, 7) is 8.46. The van der Waals surface area contributed by atoms with Crippen molar-refractivity contribution in [3.05, 3.63) is 29.8 Å². The van der Waals surface area contributed by atoms with E-state index in [9.17, 15) is 14.4 Å². The third-order valence-electron chi connectivity index (χ3n) is 5.54. The lowest BCUT2D eigenvalue weighted by Crippen LogP contribution is -2.62. The zero-order valence-corrected chi connectivity index (χ0v) is 17.7. The number of nitrogens with one attached hydrogen (secondary N) is 1. The molecule has 2 fully saturated rings. The van der Waals surface area contributed by atoms with Gasteiger partial charge in [0.05, 0.1) is 6.04 Å². The lowest BCUT2D eigenvalue weighted by molar-refractivity contribution is -0.155. The van der Waals surface area contributed by atoms with Gasteiger partial charge in [-0.25, -0.2) is 0 Å². The van der Waals surface area contributed by atoms with Gasteiger partial charge in [0.1, 0.15) is 11.8 Å². The molecule has 7 nitrogen and oxygen atoms in total. The molecule has 0 radical (unpaired) electrons. The normalized spacial score (nSPS) is 23.9. The molecule has 2 heterocycles. The number of benzene rings is 1. The lowest BCUT2D eigenvalue weighted by Gasteiger charge is -2.43. The van der Waals surface area contributed by atoms with Gasteiger partial charge < -0.3 is 19.9 Å². The topological polar surface area (TPSA) is 79.0 Å². The van der Waals surface area contributed by atoms with Crippen LogP contribution >= 0.6 is 0 Å². The van der Waals surface area contributed by atoms with E-state index in [-0.39, 0.29) is 42.3 Å². The second-order valence-electron chi connectivity index (χ2n) is 8.57. The van der Waals surface area contributed by atoms with Crippen molar-refractivity contribution in [3.63, 3.8) is 0 Å². The first-order valence-electron chi connectivity index (χ1n) is 10.3. The SMILES string of the molecule is CC(=O)NC1CC2CN(C(=O)COc3cccc(C)c3)C(CC(C)C)C(=O)N2C1. The van der Waals surface area contributed by atoms with E-state index in [1.165, 1.54) is 6.92 Å². The fourth-order valence-corrected chi connectivity index (χ4v) is 4.31. The molecule has 2 aliphatic heterocycles. The predicted molar refractivity (Wildman–Crippen MR) is 109 cm³/mol. The Morgan fingerprint density at radius 2 is 2.03 bits per heavy atom. The fourth-order valence-electron chi connectivity index (χ4n) is 4.31. The van der Waals surface area contributed by atoms with Gasteiger partial charge in [-0.3, -0.25) is 14.4 Å². The van der Waals surface area contributed by atoms with Crippen LogP contribution in [-0.4, -0.2) is 65.3 Å². The van der Waals surface area contributed by atoms with Crippen LogP contribution in [0.2, 0.25) is 0 Å². The minimum Gasteiger partial charge on any atom is -0.484 e. The van der Waals surface area contributed by atoms with Gasteiger partial charge in [0.2, 0.25) is 11.8 Å².